The topological polar surface area (TPSA) is 59.7 Å². The highest BCUT2D eigenvalue weighted by molar-refractivity contribution is 6.32. The molecule has 3 aromatic rings. The average Bonchev–Trinajstić information content (AvgIpc) is 2.51. The van der Waals surface area contributed by atoms with E-state index in [1.165, 1.54) is 7.11 Å². The Kier molecular flexibility index (Phi) is 3.31. The smallest absolute Gasteiger partial charge is 0.235 e. The van der Waals surface area contributed by atoms with Crippen molar-refractivity contribution in [3.63, 3.8) is 0 Å². The molecule has 0 atom stereocenters. The van der Waals surface area contributed by atoms with E-state index in [9.17, 15) is 9.90 Å². The molecule has 1 aromatic heterocycles. The van der Waals surface area contributed by atoms with Crippen molar-refractivity contribution < 1.29 is 14.3 Å². The van der Waals surface area contributed by atoms with Gasteiger partial charge in [0.25, 0.3) is 0 Å². The van der Waals surface area contributed by atoms with Crippen LogP contribution in [0.3, 0.4) is 0 Å². The Balaban J connectivity index is 2.30. The molecule has 0 aliphatic heterocycles. The molecule has 1 heterocycles. The molecule has 0 amide bonds. The van der Waals surface area contributed by atoms with Crippen LogP contribution in [0.2, 0.25) is 5.02 Å². The van der Waals surface area contributed by atoms with Crippen molar-refractivity contribution in [1.82, 2.24) is 0 Å². The molecule has 106 valence electrons. The van der Waals surface area contributed by atoms with Gasteiger partial charge in [0.15, 0.2) is 5.76 Å². The van der Waals surface area contributed by atoms with Crippen LogP contribution in [0.5, 0.6) is 11.5 Å². The largest absolute Gasteiger partial charge is 0.502 e. The van der Waals surface area contributed by atoms with Crippen LogP contribution >= 0.6 is 11.6 Å². The predicted octanol–water partition coefficient (Wildman–Crippen LogP) is 3.83. The second kappa shape index (κ2) is 5.14. The molecule has 0 fully saturated rings. The Morgan fingerprint density at radius 3 is 2.71 bits per heavy atom. The summed E-state index contributed by atoms with van der Waals surface area (Å²) in [5.41, 5.74) is 0.446. The maximum absolute atomic E-state index is 12.2. The Bertz CT molecular complexity index is 883. The number of rotatable bonds is 2. The highest BCUT2D eigenvalue weighted by Gasteiger charge is 2.16. The van der Waals surface area contributed by atoms with Crippen molar-refractivity contribution in [2.45, 2.75) is 0 Å². The summed E-state index contributed by atoms with van der Waals surface area (Å²) in [4.78, 5) is 12.2. The summed E-state index contributed by atoms with van der Waals surface area (Å²) in [7, 11) is 1.49. The van der Waals surface area contributed by atoms with Gasteiger partial charge >= 0.3 is 0 Å². The molecular weight excluding hydrogens is 292 g/mol. The van der Waals surface area contributed by atoms with Gasteiger partial charge in [0.2, 0.25) is 11.2 Å². The molecule has 1 N–H and O–H groups in total. The second-order valence-electron chi connectivity index (χ2n) is 4.45. The number of ether oxygens (including phenoxy) is 1. The predicted molar refractivity (Wildman–Crippen MR) is 81.1 cm³/mol. The molecule has 0 saturated heterocycles. The van der Waals surface area contributed by atoms with E-state index >= 15 is 0 Å². The van der Waals surface area contributed by atoms with Gasteiger partial charge in [-0.15, -0.1) is 0 Å². The Morgan fingerprint density at radius 2 is 1.95 bits per heavy atom. The third kappa shape index (κ3) is 2.23. The van der Waals surface area contributed by atoms with E-state index in [-0.39, 0.29) is 5.76 Å². The first kappa shape index (κ1) is 13.5. The molecule has 2 aromatic carbocycles. The van der Waals surface area contributed by atoms with Gasteiger partial charge in [-0.05, 0) is 30.3 Å². The molecule has 0 radical (unpaired) electrons. The lowest BCUT2D eigenvalue weighted by Crippen LogP contribution is -2.02. The van der Waals surface area contributed by atoms with Crippen LogP contribution in [0.25, 0.3) is 22.3 Å². The van der Waals surface area contributed by atoms with E-state index in [0.29, 0.717) is 27.3 Å². The molecule has 0 bridgehead atoms. The van der Waals surface area contributed by atoms with Gasteiger partial charge in [-0.2, -0.15) is 0 Å². The van der Waals surface area contributed by atoms with Gasteiger partial charge in [0, 0.05) is 5.56 Å². The third-order valence-corrected chi connectivity index (χ3v) is 3.50. The van der Waals surface area contributed by atoms with Crippen LogP contribution in [0.4, 0.5) is 0 Å². The molecule has 0 spiro atoms. The minimum Gasteiger partial charge on any atom is -0.502 e. The molecule has 0 aliphatic carbocycles. The van der Waals surface area contributed by atoms with Gasteiger partial charge in [-0.3, -0.25) is 4.79 Å². The molecule has 3 rings (SSSR count). The van der Waals surface area contributed by atoms with Crippen LogP contribution in [0.1, 0.15) is 0 Å². The number of benzene rings is 2. The summed E-state index contributed by atoms with van der Waals surface area (Å²) < 4.78 is 10.8. The molecular formula is C16H11ClO4. The molecule has 0 unspecified atom stereocenters. The summed E-state index contributed by atoms with van der Waals surface area (Å²) in [6.07, 6.45) is 0. The fourth-order valence-electron chi connectivity index (χ4n) is 2.13. The highest BCUT2D eigenvalue weighted by atomic mass is 35.5. The van der Waals surface area contributed by atoms with Crippen molar-refractivity contribution in [1.29, 1.82) is 0 Å². The summed E-state index contributed by atoms with van der Waals surface area (Å²) in [6, 6.07) is 11.6. The zero-order valence-electron chi connectivity index (χ0n) is 11.1. The van der Waals surface area contributed by atoms with Gasteiger partial charge in [-0.25, -0.2) is 0 Å². The van der Waals surface area contributed by atoms with Gasteiger partial charge < -0.3 is 14.3 Å². The first-order chi connectivity index (χ1) is 10.1. The fraction of sp³-hybridized carbons (Fsp3) is 0.0625. The number of hydrogen-bond donors (Lipinski definition) is 1. The summed E-state index contributed by atoms with van der Waals surface area (Å²) >= 11 is 5.97. The average molecular weight is 303 g/mol. The van der Waals surface area contributed by atoms with Crippen molar-refractivity contribution >= 4 is 22.6 Å². The molecule has 0 aliphatic rings. The quantitative estimate of drug-likeness (QED) is 0.781. The summed E-state index contributed by atoms with van der Waals surface area (Å²) in [5.74, 6) is 0.0936. The van der Waals surface area contributed by atoms with Crippen LogP contribution in [-0.2, 0) is 0 Å². The van der Waals surface area contributed by atoms with Crippen LogP contribution in [-0.4, -0.2) is 12.2 Å². The minimum absolute atomic E-state index is 0.0914. The minimum atomic E-state index is -0.472. The number of halogens is 1. The maximum Gasteiger partial charge on any atom is 0.235 e. The van der Waals surface area contributed by atoms with E-state index in [1.807, 2.05) is 0 Å². The van der Waals surface area contributed by atoms with Gasteiger partial charge in [0.1, 0.15) is 11.3 Å². The summed E-state index contributed by atoms with van der Waals surface area (Å²) in [6.45, 7) is 0. The fourth-order valence-corrected chi connectivity index (χ4v) is 2.32. The van der Waals surface area contributed by atoms with Crippen LogP contribution in [0, 0.1) is 0 Å². The lowest BCUT2D eigenvalue weighted by molar-refractivity contribution is 0.414. The highest BCUT2D eigenvalue weighted by Crippen LogP contribution is 2.34. The van der Waals surface area contributed by atoms with Crippen LogP contribution in [0.15, 0.2) is 51.7 Å². The number of para-hydroxylation sites is 1. The number of hydrogen-bond acceptors (Lipinski definition) is 4. The Hall–Kier alpha value is -2.46. The van der Waals surface area contributed by atoms with E-state index in [0.717, 1.165) is 0 Å². The van der Waals surface area contributed by atoms with E-state index in [2.05, 4.69) is 0 Å². The van der Waals surface area contributed by atoms with Crippen molar-refractivity contribution in [2.75, 3.05) is 7.11 Å². The normalized spacial score (nSPS) is 10.8. The zero-order valence-corrected chi connectivity index (χ0v) is 11.8. The number of fused-ring (bicyclic) bond motifs is 1. The number of aromatic hydroxyl groups is 1. The monoisotopic (exact) mass is 302 g/mol. The molecule has 21 heavy (non-hydrogen) atoms. The zero-order chi connectivity index (χ0) is 15.0. The third-order valence-electron chi connectivity index (χ3n) is 3.19. The first-order valence-electron chi connectivity index (χ1n) is 6.20. The number of methoxy groups -OCH3 is 1. The van der Waals surface area contributed by atoms with Crippen molar-refractivity contribution in [3.8, 4) is 22.8 Å². The van der Waals surface area contributed by atoms with Gasteiger partial charge in [0.05, 0.1) is 17.5 Å². The second-order valence-corrected chi connectivity index (χ2v) is 4.86. The Morgan fingerprint density at radius 1 is 1.19 bits per heavy atom. The summed E-state index contributed by atoms with van der Waals surface area (Å²) in [5, 5.41) is 10.9. The Labute approximate surface area is 125 Å². The van der Waals surface area contributed by atoms with E-state index < -0.39 is 11.2 Å². The lowest BCUT2D eigenvalue weighted by Gasteiger charge is -2.08. The lowest BCUT2D eigenvalue weighted by atomic mass is 10.1. The molecule has 4 nitrogen and oxygen atoms in total. The van der Waals surface area contributed by atoms with Crippen LogP contribution < -0.4 is 10.2 Å². The maximum atomic E-state index is 12.2. The standard InChI is InChI=1S/C16H11ClO4/c1-20-13-8-9(6-7-11(13)17)16-15(19)14(18)10-4-2-3-5-12(10)21-16/h2-8,19H,1H3. The van der Waals surface area contributed by atoms with Crippen molar-refractivity contribution in [2.24, 2.45) is 0 Å². The van der Waals surface area contributed by atoms with Gasteiger partial charge in [-0.1, -0.05) is 23.7 Å². The van der Waals surface area contributed by atoms with Crippen molar-refractivity contribution in [3.05, 3.63) is 57.7 Å². The first-order valence-corrected chi connectivity index (χ1v) is 6.58. The van der Waals surface area contributed by atoms with E-state index in [4.69, 9.17) is 20.8 Å². The molecule has 0 saturated carbocycles. The molecule has 5 heteroatoms. The van der Waals surface area contributed by atoms with E-state index in [1.54, 1.807) is 42.5 Å². The SMILES string of the molecule is COc1cc(-c2oc3ccccc3c(=O)c2O)ccc1Cl.